The molecular weight excluding hydrogens is 436 g/mol. The Kier molecular flexibility index (Phi) is 9.62. The molecule has 170 valence electrons. The summed E-state index contributed by atoms with van der Waals surface area (Å²) in [6.45, 7) is 1.58. The van der Waals surface area contributed by atoms with Gasteiger partial charge >= 0.3 is 5.97 Å². The molecule has 8 nitrogen and oxygen atoms in total. The smallest absolute Gasteiger partial charge is 0.316 e. The molecule has 32 heavy (non-hydrogen) atoms. The molecule has 2 rings (SSSR count). The number of methoxy groups -OCH3 is 3. The Morgan fingerprint density at radius 2 is 1.69 bits per heavy atom. The van der Waals surface area contributed by atoms with Crippen molar-refractivity contribution in [3.63, 3.8) is 0 Å². The van der Waals surface area contributed by atoms with Crippen LogP contribution in [0.3, 0.4) is 0 Å². The number of benzene rings is 1. The summed E-state index contributed by atoms with van der Waals surface area (Å²) < 4.78 is 26.4. The van der Waals surface area contributed by atoms with Gasteiger partial charge in [-0.1, -0.05) is 23.9 Å². The molecule has 0 N–H and O–H groups in total. The van der Waals surface area contributed by atoms with Crippen LogP contribution in [-0.2, 0) is 20.9 Å². The number of hydrogen-bond donors (Lipinski definition) is 0. The number of thioether (sulfide) groups is 1. The van der Waals surface area contributed by atoms with Gasteiger partial charge in [0.25, 0.3) is 0 Å². The van der Waals surface area contributed by atoms with E-state index in [4.69, 9.17) is 23.4 Å². The standard InChI is InChI=1S/C23H24O8S/c1-5-6-22(26)32-14-21(25)30-13-16-8-10-18(31-16)17(24)9-7-15-11-19(27-2)23(29-4)20(12-15)28-3/h5-12H,13-14H2,1-4H3/b6-5+,9-7?. The highest BCUT2D eigenvalue weighted by molar-refractivity contribution is 8.14. The Bertz CT molecular complexity index is 994. The molecule has 0 saturated heterocycles. The molecule has 0 spiro atoms. The summed E-state index contributed by atoms with van der Waals surface area (Å²) in [6.07, 6.45) is 5.90. The molecule has 0 saturated carbocycles. The van der Waals surface area contributed by atoms with Crippen LogP contribution >= 0.6 is 11.8 Å². The second kappa shape index (κ2) is 12.4. The highest BCUT2D eigenvalue weighted by atomic mass is 32.2. The fraction of sp³-hybridized carbons (Fsp3) is 0.261. The third kappa shape index (κ3) is 7.05. The quantitative estimate of drug-likeness (QED) is 0.279. The number of ether oxygens (including phenoxy) is 4. The maximum atomic E-state index is 12.4. The van der Waals surface area contributed by atoms with E-state index >= 15 is 0 Å². The van der Waals surface area contributed by atoms with Crippen molar-refractivity contribution >= 4 is 34.7 Å². The lowest BCUT2D eigenvalue weighted by atomic mass is 10.1. The Morgan fingerprint density at radius 1 is 1.00 bits per heavy atom. The first-order valence-electron chi connectivity index (χ1n) is 9.48. The van der Waals surface area contributed by atoms with Crippen molar-refractivity contribution in [2.24, 2.45) is 0 Å². The van der Waals surface area contributed by atoms with E-state index in [0.717, 1.165) is 11.8 Å². The molecule has 0 radical (unpaired) electrons. The molecule has 1 aromatic carbocycles. The van der Waals surface area contributed by atoms with Gasteiger partial charge in [0.05, 0.1) is 27.1 Å². The fourth-order valence-electron chi connectivity index (χ4n) is 2.55. The van der Waals surface area contributed by atoms with Crippen molar-refractivity contribution in [2.45, 2.75) is 13.5 Å². The van der Waals surface area contributed by atoms with E-state index in [9.17, 15) is 14.4 Å². The second-order valence-corrected chi connectivity index (χ2v) is 7.17. The predicted molar refractivity (Wildman–Crippen MR) is 120 cm³/mol. The third-order valence-electron chi connectivity index (χ3n) is 4.03. The van der Waals surface area contributed by atoms with Crippen molar-refractivity contribution < 1.29 is 37.7 Å². The fourth-order valence-corrected chi connectivity index (χ4v) is 3.12. The van der Waals surface area contributed by atoms with Gasteiger partial charge in [-0.05, 0) is 48.9 Å². The van der Waals surface area contributed by atoms with Crippen molar-refractivity contribution in [2.75, 3.05) is 27.1 Å². The number of hydrogen-bond acceptors (Lipinski definition) is 9. The molecule has 0 fully saturated rings. The Labute approximate surface area is 190 Å². The van der Waals surface area contributed by atoms with E-state index in [1.807, 2.05) is 0 Å². The first-order valence-corrected chi connectivity index (χ1v) is 10.5. The molecule has 0 aliphatic heterocycles. The van der Waals surface area contributed by atoms with Gasteiger partial charge in [0.2, 0.25) is 16.6 Å². The molecule has 0 aliphatic rings. The van der Waals surface area contributed by atoms with Gasteiger partial charge in [-0.3, -0.25) is 14.4 Å². The van der Waals surface area contributed by atoms with Crippen molar-refractivity contribution in [1.29, 1.82) is 0 Å². The number of ketones is 1. The first-order chi connectivity index (χ1) is 15.4. The molecule has 9 heteroatoms. The lowest BCUT2D eigenvalue weighted by molar-refractivity contribution is -0.142. The first kappa shape index (κ1) is 24.8. The summed E-state index contributed by atoms with van der Waals surface area (Å²) >= 11 is 0.846. The summed E-state index contributed by atoms with van der Waals surface area (Å²) in [6, 6.07) is 6.45. The maximum absolute atomic E-state index is 12.4. The summed E-state index contributed by atoms with van der Waals surface area (Å²) in [7, 11) is 4.52. The van der Waals surface area contributed by atoms with Crippen LogP contribution in [0.2, 0.25) is 0 Å². The van der Waals surface area contributed by atoms with Crippen molar-refractivity contribution in [3.05, 3.63) is 59.6 Å². The lowest BCUT2D eigenvalue weighted by Gasteiger charge is -2.12. The summed E-state index contributed by atoms with van der Waals surface area (Å²) in [5, 5.41) is -0.228. The molecule has 0 unspecified atom stereocenters. The highest BCUT2D eigenvalue weighted by Crippen LogP contribution is 2.38. The zero-order valence-electron chi connectivity index (χ0n) is 18.2. The van der Waals surface area contributed by atoms with Crippen LogP contribution < -0.4 is 14.2 Å². The van der Waals surface area contributed by atoms with Gasteiger partial charge in [0.15, 0.2) is 17.3 Å². The highest BCUT2D eigenvalue weighted by Gasteiger charge is 2.14. The van der Waals surface area contributed by atoms with Gasteiger partial charge in [-0.25, -0.2) is 0 Å². The predicted octanol–water partition coefficient (Wildman–Crippen LogP) is 4.08. The zero-order chi connectivity index (χ0) is 23.5. The molecule has 0 amide bonds. The molecule has 0 aliphatic carbocycles. The zero-order valence-corrected chi connectivity index (χ0v) is 19.0. The molecule has 1 aromatic heterocycles. The molecular formula is C23H24O8S. The van der Waals surface area contributed by atoms with Gasteiger partial charge in [0, 0.05) is 0 Å². The van der Waals surface area contributed by atoms with Crippen LogP contribution in [0.5, 0.6) is 17.2 Å². The molecule has 1 heterocycles. The van der Waals surface area contributed by atoms with E-state index in [-0.39, 0.29) is 29.0 Å². The normalized spacial score (nSPS) is 11.0. The maximum Gasteiger partial charge on any atom is 0.316 e. The number of esters is 1. The monoisotopic (exact) mass is 460 g/mol. The number of allylic oxidation sites excluding steroid dienone is 2. The van der Waals surface area contributed by atoms with Gasteiger partial charge in [-0.2, -0.15) is 0 Å². The SMILES string of the molecule is C/C=C/C(=O)SCC(=O)OCc1ccc(C(=O)C=Cc2cc(OC)c(OC)c(OC)c2)o1. The van der Waals surface area contributed by atoms with E-state index in [2.05, 4.69) is 0 Å². The Morgan fingerprint density at radius 3 is 2.28 bits per heavy atom. The average Bonchev–Trinajstić information content (AvgIpc) is 3.28. The van der Waals surface area contributed by atoms with Gasteiger partial charge in [0.1, 0.15) is 12.4 Å². The topological polar surface area (TPSA) is 101 Å². The lowest BCUT2D eigenvalue weighted by Crippen LogP contribution is -2.08. The largest absolute Gasteiger partial charge is 0.493 e. The van der Waals surface area contributed by atoms with Crippen LogP contribution in [0, 0.1) is 0 Å². The number of furan rings is 1. The number of carbonyl (C=O) groups is 3. The minimum Gasteiger partial charge on any atom is -0.493 e. The summed E-state index contributed by atoms with van der Waals surface area (Å²) in [5.41, 5.74) is 0.665. The van der Waals surface area contributed by atoms with E-state index in [0.29, 0.717) is 28.6 Å². The van der Waals surface area contributed by atoms with E-state index < -0.39 is 5.97 Å². The van der Waals surface area contributed by atoms with Crippen LogP contribution in [0.4, 0.5) is 0 Å². The van der Waals surface area contributed by atoms with Crippen LogP contribution in [0.1, 0.15) is 28.8 Å². The molecule has 2 aromatic rings. The molecule has 0 atom stereocenters. The van der Waals surface area contributed by atoms with Crippen LogP contribution in [-0.4, -0.2) is 44.0 Å². The summed E-state index contributed by atoms with van der Waals surface area (Å²) in [5.74, 6) is 0.757. The second-order valence-electron chi connectivity index (χ2n) is 6.19. The van der Waals surface area contributed by atoms with Gasteiger partial charge in [-0.15, -0.1) is 0 Å². The van der Waals surface area contributed by atoms with E-state index in [1.165, 1.54) is 39.5 Å². The number of rotatable bonds is 11. The van der Waals surface area contributed by atoms with Crippen molar-refractivity contribution in [1.82, 2.24) is 0 Å². The Balaban J connectivity index is 1.97. The van der Waals surface area contributed by atoms with Crippen LogP contribution in [0.25, 0.3) is 6.08 Å². The third-order valence-corrected chi connectivity index (χ3v) is 4.83. The minimum absolute atomic E-state index is 0.0948. The average molecular weight is 461 g/mol. The van der Waals surface area contributed by atoms with E-state index in [1.54, 1.807) is 37.3 Å². The van der Waals surface area contributed by atoms with Crippen LogP contribution in [0.15, 0.2) is 46.9 Å². The van der Waals surface area contributed by atoms with Crippen molar-refractivity contribution in [3.8, 4) is 17.2 Å². The Hall–Kier alpha value is -3.46. The molecule has 0 bridgehead atoms. The minimum atomic E-state index is -0.556. The summed E-state index contributed by atoms with van der Waals surface area (Å²) in [4.78, 5) is 35.5. The van der Waals surface area contributed by atoms with Gasteiger partial charge < -0.3 is 23.4 Å². The number of carbonyl (C=O) groups excluding carboxylic acids is 3.